The molecule has 29 heavy (non-hydrogen) atoms. The van der Waals surface area contributed by atoms with Gasteiger partial charge < -0.3 is 14.5 Å². The maximum atomic E-state index is 12.3. The van der Waals surface area contributed by atoms with Crippen molar-refractivity contribution >= 4 is 12.4 Å². The monoisotopic (exact) mass is 403 g/mol. The summed E-state index contributed by atoms with van der Waals surface area (Å²) in [6.07, 6.45) is 4.20. The Morgan fingerprint density at radius 1 is 1.21 bits per heavy atom. The van der Waals surface area contributed by atoms with Crippen LogP contribution in [0.15, 0.2) is 29.3 Å². The van der Waals surface area contributed by atoms with Gasteiger partial charge in [0.05, 0.1) is 25.0 Å². The predicted molar refractivity (Wildman–Crippen MR) is 105 cm³/mol. The lowest BCUT2D eigenvalue weighted by atomic mass is 9.75. The van der Waals surface area contributed by atoms with E-state index in [2.05, 4.69) is 34.2 Å². The highest BCUT2D eigenvalue weighted by atomic mass is 19.3. The number of alkyl halides is 2. The smallest absolute Gasteiger partial charge is 0.409 e. The standard InChI is InChI=1S/C22H27F2N3O2/c23-19(24)13-29-21(28)26-9-7-22(8-10-26)6-5-15(11-22)20-17-4-2-1-3-16(17)18-12-25-14-27(18)20/h1-4,14-15,18-20H,5-13H2/t15-,18?,20+/m1/s1. The van der Waals surface area contributed by atoms with Gasteiger partial charge in [-0.05, 0) is 54.6 Å². The van der Waals surface area contributed by atoms with Gasteiger partial charge >= 0.3 is 6.09 Å². The molecule has 4 aliphatic rings. The number of halogens is 2. The summed E-state index contributed by atoms with van der Waals surface area (Å²) in [5.41, 5.74) is 3.14. The van der Waals surface area contributed by atoms with Gasteiger partial charge in [0.2, 0.25) is 0 Å². The molecule has 1 aromatic carbocycles. The van der Waals surface area contributed by atoms with E-state index in [0.29, 0.717) is 31.1 Å². The third-order valence-corrected chi connectivity index (χ3v) is 7.45. The maximum absolute atomic E-state index is 12.3. The molecule has 1 spiro atoms. The van der Waals surface area contributed by atoms with E-state index in [1.54, 1.807) is 4.90 Å². The van der Waals surface area contributed by atoms with Crippen LogP contribution in [0.25, 0.3) is 0 Å². The van der Waals surface area contributed by atoms with Crippen LogP contribution in [0.2, 0.25) is 0 Å². The second-order valence-corrected chi connectivity index (χ2v) is 8.98. The zero-order chi connectivity index (χ0) is 20.0. The van der Waals surface area contributed by atoms with E-state index >= 15 is 0 Å². The lowest BCUT2D eigenvalue weighted by Gasteiger charge is -2.39. The number of piperidine rings is 1. The Morgan fingerprint density at radius 3 is 2.72 bits per heavy atom. The van der Waals surface area contributed by atoms with Gasteiger partial charge in [-0.15, -0.1) is 0 Å². The van der Waals surface area contributed by atoms with Crippen molar-refractivity contribution in [3.8, 4) is 0 Å². The van der Waals surface area contributed by atoms with Crippen molar-refractivity contribution in [3.05, 3.63) is 35.4 Å². The molecule has 0 N–H and O–H groups in total. The van der Waals surface area contributed by atoms with Crippen LogP contribution in [0, 0.1) is 11.3 Å². The minimum Gasteiger partial charge on any atom is -0.443 e. The topological polar surface area (TPSA) is 45.1 Å². The fraction of sp³-hybridized carbons (Fsp3) is 0.636. The average Bonchev–Trinajstić information content (AvgIpc) is 3.41. The highest BCUT2D eigenvalue weighted by Gasteiger charge is 2.49. The number of carbonyl (C=O) groups is 1. The summed E-state index contributed by atoms with van der Waals surface area (Å²) in [6, 6.07) is 9.57. The second kappa shape index (κ2) is 7.26. The van der Waals surface area contributed by atoms with E-state index in [-0.39, 0.29) is 5.41 Å². The van der Waals surface area contributed by atoms with Crippen LogP contribution in [-0.4, -0.2) is 54.9 Å². The van der Waals surface area contributed by atoms with Crippen LogP contribution in [0.1, 0.15) is 55.3 Å². The minimum atomic E-state index is -2.61. The molecule has 156 valence electrons. The van der Waals surface area contributed by atoms with Gasteiger partial charge in [0.15, 0.2) is 6.61 Å². The number of fused-ring (bicyclic) bond motifs is 3. The second-order valence-electron chi connectivity index (χ2n) is 8.98. The Hall–Kier alpha value is -2.18. The first-order valence-electron chi connectivity index (χ1n) is 10.6. The van der Waals surface area contributed by atoms with Gasteiger partial charge in [-0.3, -0.25) is 4.99 Å². The van der Waals surface area contributed by atoms with E-state index in [9.17, 15) is 13.6 Å². The molecule has 3 heterocycles. The first-order chi connectivity index (χ1) is 14.1. The van der Waals surface area contributed by atoms with Crippen molar-refractivity contribution < 1.29 is 18.3 Å². The average molecular weight is 403 g/mol. The Bertz CT molecular complexity index is 807. The molecule has 5 nitrogen and oxygen atoms in total. The van der Waals surface area contributed by atoms with E-state index in [0.717, 1.165) is 25.8 Å². The summed E-state index contributed by atoms with van der Waals surface area (Å²) < 4.78 is 29.3. The van der Waals surface area contributed by atoms with Crippen LogP contribution < -0.4 is 0 Å². The zero-order valence-electron chi connectivity index (χ0n) is 16.5. The fourth-order valence-corrected chi connectivity index (χ4v) is 6.05. The first kappa shape index (κ1) is 18.8. The highest BCUT2D eigenvalue weighted by Crippen LogP contribution is 2.57. The van der Waals surface area contributed by atoms with E-state index in [1.807, 2.05) is 6.34 Å². The Balaban J connectivity index is 1.24. The first-order valence-corrected chi connectivity index (χ1v) is 10.6. The minimum absolute atomic E-state index is 0.258. The third-order valence-electron chi connectivity index (χ3n) is 7.45. The molecule has 1 aliphatic carbocycles. The molecule has 0 radical (unpaired) electrons. The third kappa shape index (κ3) is 3.28. The summed E-state index contributed by atoms with van der Waals surface area (Å²) in [7, 11) is 0. The Morgan fingerprint density at radius 2 is 1.97 bits per heavy atom. The molecule has 1 unspecified atom stereocenters. The molecular formula is C22H27F2N3O2. The summed E-state index contributed by atoms with van der Waals surface area (Å²) in [5, 5.41) is 0. The summed E-state index contributed by atoms with van der Waals surface area (Å²) >= 11 is 0. The summed E-state index contributed by atoms with van der Waals surface area (Å²) in [4.78, 5) is 20.6. The van der Waals surface area contributed by atoms with Gasteiger partial charge in [-0.25, -0.2) is 13.6 Å². The van der Waals surface area contributed by atoms with Crippen molar-refractivity contribution in [2.45, 2.75) is 50.6 Å². The molecule has 1 saturated heterocycles. The number of likely N-dealkylation sites (tertiary alicyclic amines) is 1. The van der Waals surface area contributed by atoms with Gasteiger partial charge in [0.1, 0.15) is 0 Å². The quantitative estimate of drug-likeness (QED) is 0.751. The zero-order valence-corrected chi connectivity index (χ0v) is 16.5. The van der Waals surface area contributed by atoms with E-state index in [1.165, 1.54) is 24.0 Å². The number of benzene rings is 1. The molecule has 3 aliphatic heterocycles. The van der Waals surface area contributed by atoms with Crippen LogP contribution in [0.5, 0.6) is 0 Å². The van der Waals surface area contributed by atoms with Crippen molar-refractivity contribution in [2.24, 2.45) is 16.3 Å². The van der Waals surface area contributed by atoms with Crippen molar-refractivity contribution in [1.82, 2.24) is 9.80 Å². The van der Waals surface area contributed by atoms with Crippen LogP contribution in [-0.2, 0) is 4.74 Å². The largest absolute Gasteiger partial charge is 0.443 e. The van der Waals surface area contributed by atoms with Gasteiger partial charge in [0.25, 0.3) is 6.43 Å². The van der Waals surface area contributed by atoms with Crippen LogP contribution in [0.3, 0.4) is 0 Å². The van der Waals surface area contributed by atoms with Crippen molar-refractivity contribution in [1.29, 1.82) is 0 Å². The number of hydrogen-bond acceptors (Lipinski definition) is 4. The van der Waals surface area contributed by atoms with Gasteiger partial charge in [0, 0.05) is 13.1 Å². The van der Waals surface area contributed by atoms with Crippen LogP contribution >= 0.6 is 0 Å². The number of amides is 1. The number of ether oxygens (including phenoxy) is 1. The molecular weight excluding hydrogens is 376 g/mol. The Labute approximate surface area is 169 Å². The maximum Gasteiger partial charge on any atom is 0.409 e. The highest BCUT2D eigenvalue weighted by molar-refractivity contribution is 5.67. The molecule has 3 atom stereocenters. The van der Waals surface area contributed by atoms with Gasteiger partial charge in [-0.1, -0.05) is 24.3 Å². The number of nitrogens with zero attached hydrogens (tertiary/aromatic N) is 3. The molecule has 1 saturated carbocycles. The number of carbonyl (C=O) groups excluding carboxylic acids is 1. The predicted octanol–water partition coefficient (Wildman–Crippen LogP) is 4.41. The molecule has 0 aromatic heterocycles. The molecule has 2 fully saturated rings. The number of hydrogen-bond donors (Lipinski definition) is 0. The lowest BCUT2D eigenvalue weighted by molar-refractivity contribution is 0.0197. The molecule has 5 rings (SSSR count). The lowest BCUT2D eigenvalue weighted by Crippen LogP contribution is -2.43. The number of rotatable bonds is 3. The Kier molecular flexibility index (Phi) is 4.71. The van der Waals surface area contributed by atoms with Gasteiger partial charge in [-0.2, -0.15) is 0 Å². The summed E-state index contributed by atoms with van der Waals surface area (Å²) in [6.45, 7) is 1.23. The van der Waals surface area contributed by atoms with Crippen LogP contribution in [0.4, 0.5) is 13.6 Å². The molecule has 0 bridgehead atoms. The SMILES string of the molecule is O=C(OCC(F)F)N1CCC2(CC[C@@H]([C@H]3c4ccccc4C4CN=CN43)C2)CC1. The molecule has 1 amide bonds. The molecule has 7 heteroatoms. The normalized spacial score (nSPS) is 29.6. The fourth-order valence-electron chi connectivity index (χ4n) is 6.05. The van der Waals surface area contributed by atoms with Crippen molar-refractivity contribution in [2.75, 3.05) is 26.2 Å². The molecule has 1 aromatic rings. The number of aliphatic imine (C=N–C) groups is 1. The van der Waals surface area contributed by atoms with E-state index in [4.69, 9.17) is 4.74 Å². The van der Waals surface area contributed by atoms with E-state index < -0.39 is 19.1 Å². The van der Waals surface area contributed by atoms with Crippen molar-refractivity contribution in [3.63, 3.8) is 0 Å². The summed E-state index contributed by atoms with van der Waals surface area (Å²) in [5.74, 6) is 0.586.